The predicted octanol–water partition coefficient (Wildman–Crippen LogP) is 5.86. The van der Waals surface area contributed by atoms with Crippen molar-refractivity contribution in [3.8, 4) is 0 Å². The van der Waals surface area contributed by atoms with Gasteiger partial charge < -0.3 is 0 Å². The van der Waals surface area contributed by atoms with Crippen LogP contribution in [0.15, 0.2) is 71.6 Å². The zero-order valence-corrected chi connectivity index (χ0v) is 23.0. The van der Waals surface area contributed by atoms with Gasteiger partial charge in [-0.2, -0.15) is 4.31 Å². The van der Waals surface area contributed by atoms with Gasteiger partial charge in [0.05, 0.1) is 27.6 Å². The van der Waals surface area contributed by atoms with Crippen molar-refractivity contribution in [3.05, 3.63) is 89.0 Å². The Hall–Kier alpha value is -3.07. The molecule has 37 heavy (non-hydrogen) atoms. The lowest BCUT2D eigenvalue weighted by Crippen LogP contribution is -2.46. The van der Waals surface area contributed by atoms with Crippen LogP contribution in [0.2, 0.25) is 0 Å². The molecule has 1 saturated heterocycles. The van der Waals surface area contributed by atoms with Crippen LogP contribution in [0, 0.1) is 26.7 Å². The second kappa shape index (κ2) is 10.4. The number of benzene rings is 3. The molecule has 0 radical (unpaired) electrons. The lowest BCUT2D eigenvalue weighted by atomic mass is 9.98. The summed E-state index contributed by atoms with van der Waals surface area (Å²) in [6.07, 6.45) is 1.28. The molecule has 6 nitrogen and oxygen atoms in total. The minimum Gasteiger partial charge on any atom is -0.283 e. The lowest BCUT2D eigenvalue weighted by Gasteiger charge is -2.33. The normalized spacial score (nSPS) is 16.7. The molecule has 3 aromatic carbocycles. The number of aryl methyl sites for hydroxylation is 3. The molecule has 1 fully saturated rings. The first-order valence-electron chi connectivity index (χ1n) is 12.5. The Balaban J connectivity index is 1.46. The lowest BCUT2D eigenvalue weighted by molar-refractivity contribution is -0.123. The van der Waals surface area contributed by atoms with Crippen molar-refractivity contribution in [3.63, 3.8) is 0 Å². The molecule has 192 valence electrons. The van der Waals surface area contributed by atoms with E-state index in [1.807, 2.05) is 44.2 Å². The molecule has 0 bridgehead atoms. The van der Waals surface area contributed by atoms with Crippen molar-refractivity contribution < 1.29 is 13.2 Å². The number of carbonyl (C=O) groups is 1. The Morgan fingerprint density at radius 1 is 1.03 bits per heavy atom. The molecule has 1 unspecified atom stereocenters. The fourth-order valence-corrected chi connectivity index (χ4v) is 7.59. The number of aromatic nitrogens is 1. The standard InChI is InChI=1S/C29H31N3O3S2/c1-20-11-13-25(14-12-20)37(34,35)31-15-7-10-24(19-31)28(33)32(18-23-8-5-4-6-9-23)29-30-27-22(3)16-21(2)17-26(27)36-29/h4-6,8-9,11-14,16-17,24H,7,10,15,18-19H2,1-3H3. The zero-order chi connectivity index (χ0) is 26.2. The summed E-state index contributed by atoms with van der Waals surface area (Å²) >= 11 is 1.51. The van der Waals surface area contributed by atoms with Crippen molar-refractivity contribution in [2.45, 2.75) is 45.1 Å². The largest absolute Gasteiger partial charge is 0.283 e. The van der Waals surface area contributed by atoms with Gasteiger partial charge in [-0.15, -0.1) is 0 Å². The number of carbonyl (C=O) groups excluding carboxylic acids is 1. The Labute approximate surface area is 222 Å². The Morgan fingerprint density at radius 3 is 2.49 bits per heavy atom. The molecule has 2 heterocycles. The topological polar surface area (TPSA) is 70.6 Å². The molecule has 0 spiro atoms. The van der Waals surface area contributed by atoms with Crippen LogP contribution in [0.4, 0.5) is 5.13 Å². The maximum absolute atomic E-state index is 14.1. The van der Waals surface area contributed by atoms with Crippen molar-refractivity contribution in [2.24, 2.45) is 5.92 Å². The van der Waals surface area contributed by atoms with Gasteiger partial charge in [-0.25, -0.2) is 13.4 Å². The second-order valence-electron chi connectivity index (χ2n) is 9.85. The Kier molecular flexibility index (Phi) is 7.16. The van der Waals surface area contributed by atoms with Crippen LogP contribution in [0.5, 0.6) is 0 Å². The monoisotopic (exact) mass is 533 g/mol. The highest BCUT2D eigenvalue weighted by Gasteiger charge is 2.36. The summed E-state index contributed by atoms with van der Waals surface area (Å²) in [4.78, 5) is 21.0. The van der Waals surface area contributed by atoms with E-state index in [1.165, 1.54) is 15.6 Å². The first kappa shape index (κ1) is 25.6. The summed E-state index contributed by atoms with van der Waals surface area (Å²) in [5, 5.41) is 0.649. The minimum atomic E-state index is -3.68. The van der Waals surface area contributed by atoms with Crippen LogP contribution in [0.25, 0.3) is 10.2 Å². The molecule has 1 aromatic heterocycles. The minimum absolute atomic E-state index is 0.0823. The van der Waals surface area contributed by atoms with E-state index in [-0.39, 0.29) is 17.3 Å². The number of thiazole rings is 1. The first-order chi connectivity index (χ1) is 17.7. The van der Waals surface area contributed by atoms with Crippen molar-refractivity contribution in [1.29, 1.82) is 0 Å². The Bertz CT molecular complexity index is 1530. The third-order valence-corrected chi connectivity index (χ3v) is 9.80. The fraction of sp³-hybridized carbons (Fsp3) is 0.310. The van der Waals surface area contributed by atoms with Gasteiger partial charge in [0.15, 0.2) is 5.13 Å². The number of fused-ring (bicyclic) bond motifs is 1. The van der Waals surface area contributed by atoms with Crippen molar-refractivity contribution in [1.82, 2.24) is 9.29 Å². The van der Waals surface area contributed by atoms with Crippen LogP contribution in [-0.2, 0) is 21.4 Å². The smallest absolute Gasteiger partial charge is 0.243 e. The molecule has 8 heteroatoms. The van der Waals surface area contributed by atoms with E-state index >= 15 is 0 Å². The summed E-state index contributed by atoms with van der Waals surface area (Å²) in [7, 11) is -3.68. The van der Waals surface area contributed by atoms with E-state index < -0.39 is 15.9 Å². The number of anilines is 1. The maximum atomic E-state index is 14.1. The van der Waals surface area contributed by atoms with Gasteiger partial charge in [-0.05, 0) is 68.5 Å². The van der Waals surface area contributed by atoms with E-state index in [1.54, 1.807) is 29.2 Å². The summed E-state index contributed by atoms with van der Waals surface area (Å²) < 4.78 is 29.3. The third kappa shape index (κ3) is 5.32. The van der Waals surface area contributed by atoms with Crippen molar-refractivity contribution >= 4 is 42.6 Å². The number of piperidine rings is 1. The summed E-state index contributed by atoms with van der Waals surface area (Å²) in [6, 6.07) is 21.0. The van der Waals surface area contributed by atoms with Crippen LogP contribution in [0.3, 0.4) is 0 Å². The number of sulfonamides is 1. The highest BCUT2D eigenvalue weighted by Crippen LogP contribution is 2.34. The molecule has 1 aliphatic rings. The number of rotatable bonds is 6. The first-order valence-corrected chi connectivity index (χ1v) is 14.8. The maximum Gasteiger partial charge on any atom is 0.243 e. The second-order valence-corrected chi connectivity index (χ2v) is 12.8. The average Bonchev–Trinajstić information content (AvgIpc) is 3.32. The van der Waals surface area contributed by atoms with Crippen LogP contribution >= 0.6 is 11.3 Å². The third-order valence-electron chi connectivity index (χ3n) is 6.89. The molecule has 0 saturated carbocycles. The Morgan fingerprint density at radius 2 is 1.76 bits per heavy atom. The molecular weight excluding hydrogens is 502 g/mol. The molecule has 1 amide bonds. The molecule has 0 aliphatic carbocycles. The summed E-state index contributed by atoms with van der Waals surface area (Å²) in [5.41, 5.74) is 5.15. The average molecular weight is 534 g/mol. The number of amides is 1. The van der Waals surface area contributed by atoms with Gasteiger partial charge in [-0.1, -0.05) is 65.4 Å². The predicted molar refractivity (Wildman–Crippen MR) is 149 cm³/mol. The highest BCUT2D eigenvalue weighted by atomic mass is 32.2. The quantitative estimate of drug-likeness (QED) is 0.311. The fourth-order valence-electron chi connectivity index (χ4n) is 4.92. The van der Waals surface area contributed by atoms with E-state index in [9.17, 15) is 13.2 Å². The SMILES string of the molecule is Cc1ccc(S(=O)(=O)N2CCCC(C(=O)N(Cc3ccccc3)c3nc4c(C)cc(C)cc4s3)C2)cc1. The molecule has 4 aromatic rings. The number of hydrogen-bond donors (Lipinski definition) is 0. The van der Waals surface area contributed by atoms with Crippen molar-refractivity contribution in [2.75, 3.05) is 18.0 Å². The molecular formula is C29H31N3O3S2. The van der Waals surface area contributed by atoms with Gasteiger partial charge in [0.2, 0.25) is 15.9 Å². The number of hydrogen-bond acceptors (Lipinski definition) is 5. The molecule has 5 rings (SSSR count). The van der Waals surface area contributed by atoms with Crippen LogP contribution in [-0.4, -0.2) is 36.7 Å². The van der Waals surface area contributed by atoms with Gasteiger partial charge in [0, 0.05) is 13.1 Å². The highest BCUT2D eigenvalue weighted by molar-refractivity contribution is 7.89. The molecule has 1 atom stereocenters. The molecule has 0 N–H and O–H groups in total. The van der Waals surface area contributed by atoms with E-state index in [2.05, 4.69) is 19.1 Å². The van der Waals surface area contributed by atoms with E-state index in [0.717, 1.165) is 32.5 Å². The summed E-state index contributed by atoms with van der Waals surface area (Å²) in [5.74, 6) is -0.520. The van der Waals surface area contributed by atoms with Crippen LogP contribution < -0.4 is 4.90 Å². The van der Waals surface area contributed by atoms with Crippen LogP contribution in [0.1, 0.15) is 35.1 Å². The van der Waals surface area contributed by atoms with Gasteiger partial charge in [0.1, 0.15) is 0 Å². The zero-order valence-electron chi connectivity index (χ0n) is 21.3. The molecule has 1 aliphatic heterocycles. The number of nitrogens with zero attached hydrogens (tertiary/aromatic N) is 3. The summed E-state index contributed by atoms with van der Waals surface area (Å²) in [6.45, 7) is 7.00. The van der Waals surface area contributed by atoms with E-state index in [4.69, 9.17) is 4.98 Å². The van der Waals surface area contributed by atoms with Gasteiger partial charge in [-0.3, -0.25) is 9.69 Å². The van der Waals surface area contributed by atoms with E-state index in [0.29, 0.717) is 31.1 Å². The van der Waals surface area contributed by atoms with Gasteiger partial charge >= 0.3 is 0 Å². The van der Waals surface area contributed by atoms with Gasteiger partial charge in [0.25, 0.3) is 0 Å².